The van der Waals surface area contributed by atoms with Crippen molar-refractivity contribution in [1.29, 1.82) is 0 Å². The van der Waals surface area contributed by atoms with E-state index in [1.54, 1.807) is 0 Å². The van der Waals surface area contributed by atoms with Gasteiger partial charge in [0.1, 0.15) is 0 Å². The van der Waals surface area contributed by atoms with E-state index in [2.05, 4.69) is 41.2 Å². The summed E-state index contributed by atoms with van der Waals surface area (Å²) in [5.41, 5.74) is 2.53. The molecule has 0 radical (unpaired) electrons. The number of hydrogen-bond acceptors (Lipinski definition) is 5. The van der Waals surface area contributed by atoms with Crippen molar-refractivity contribution in [1.82, 2.24) is 15.0 Å². The summed E-state index contributed by atoms with van der Waals surface area (Å²) in [7, 11) is 0. The molecule has 0 spiro atoms. The SMILES string of the molecule is Cc1ccccc1Cc1noc(C2CCCN2C2CCOCC2)n1. The van der Waals surface area contributed by atoms with Crippen LogP contribution in [0.2, 0.25) is 0 Å². The topological polar surface area (TPSA) is 51.4 Å². The molecule has 1 atom stereocenters. The van der Waals surface area contributed by atoms with Gasteiger partial charge in [-0.15, -0.1) is 0 Å². The molecule has 0 saturated carbocycles. The molecule has 5 heteroatoms. The van der Waals surface area contributed by atoms with E-state index in [1.165, 1.54) is 17.5 Å². The largest absolute Gasteiger partial charge is 0.381 e. The van der Waals surface area contributed by atoms with E-state index in [0.717, 1.165) is 57.2 Å². The number of ether oxygens (including phenoxy) is 1. The summed E-state index contributed by atoms with van der Waals surface area (Å²) in [6.07, 6.45) is 5.28. The summed E-state index contributed by atoms with van der Waals surface area (Å²) >= 11 is 0. The highest BCUT2D eigenvalue weighted by Gasteiger charge is 2.35. The van der Waals surface area contributed by atoms with Crippen molar-refractivity contribution >= 4 is 0 Å². The molecule has 0 bridgehead atoms. The van der Waals surface area contributed by atoms with E-state index in [-0.39, 0.29) is 6.04 Å². The Balaban J connectivity index is 1.48. The van der Waals surface area contributed by atoms with Crippen molar-refractivity contribution in [2.75, 3.05) is 19.8 Å². The Morgan fingerprint density at radius 1 is 1.17 bits per heavy atom. The van der Waals surface area contributed by atoms with Gasteiger partial charge in [0.15, 0.2) is 5.82 Å². The fourth-order valence-electron chi connectivity index (χ4n) is 3.96. The third-order valence-corrected chi connectivity index (χ3v) is 5.33. The number of aryl methyl sites for hydroxylation is 1. The van der Waals surface area contributed by atoms with Crippen LogP contribution in [0.4, 0.5) is 0 Å². The standard InChI is InChI=1S/C19H25N3O2/c1-14-5-2-3-6-15(14)13-18-20-19(24-21-18)17-7-4-10-22(17)16-8-11-23-12-9-16/h2-3,5-6,16-17H,4,7-13H2,1H3. The molecule has 0 N–H and O–H groups in total. The molecule has 4 rings (SSSR count). The van der Waals surface area contributed by atoms with Gasteiger partial charge in [-0.1, -0.05) is 29.4 Å². The lowest BCUT2D eigenvalue weighted by atomic mass is 10.1. The number of nitrogens with zero attached hydrogens (tertiary/aromatic N) is 3. The zero-order valence-corrected chi connectivity index (χ0v) is 14.3. The molecule has 2 aliphatic heterocycles. The Morgan fingerprint density at radius 3 is 2.83 bits per heavy atom. The summed E-state index contributed by atoms with van der Waals surface area (Å²) < 4.78 is 11.2. The molecule has 1 aromatic carbocycles. The molecule has 2 saturated heterocycles. The molecule has 0 amide bonds. The molecule has 1 unspecified atom stereocenters. The van der Waals surface area contributed by atoms with E-state index < -0.39 is 0 Å². The second kappa shape index (κ2) is 7.03. The van der Waals surface area contributed by atoms with Gasteiger partial charge in [-0.3, -0.25) is 4.90 Å². The summed E-state index contributed by atoms with van der Waals surface area (Å²) in [4.78, 5) is 7.29. The monoisotopic (exact) mass is 327 g/mol. The fraction of sp³-hybridized carbons (Fsp3) is 0.579. The lowest BCUT2D eigenvalue weighted by Gasteiger charge is -2.33. The van der Waals surface area contributed by atoms with Crippen molar-refractivity contribution in [2.45, 2.75) is 51.1 Å². The van der Waals surface area contributed by atoms with Crippen LogP contribution in [0.1, 0.15) is 54.6 Å². The lowest BCUT2D eigenvalue weighted by molar-refractivity contribution is 0.0243. The number of hydrogen-bond donors (Lipinski definition) is 0. The molecular formula is C19H25N3O2. The van der Waals surface area contributed by atoms with Gasteiger partial charge in [0.05, 0.1) is 6.04 Å². The Kier molecular flexibility index (Phi) is 4.63. The molecule has 128 valence electrons. The second-order valence-electron chi connectivity index (χ2n) is 6.89. The van der Waals surface area contributed by atoms with Crippen LogP contribution < -0.4 is 0 Å². The molecule has 24 heavy (non-hydrogen) atoms. The van der Waals surface area contributed by atoms with Gasteiger partial charge in [-0.2, -0.15) is 4.98 Å². The van der Waals surface area contributed by atoms with Gasteiger partial charge in [0.2, 0.25) is 5.89 Å². The van der Waals surface area contributed by atoms with E-state index in [9.17, 15) is 0 Å². The number of benzene rings is 1. The van der Waals surface area contributed by atoms with Crippen LogP contribution in [0.3, 0.4) is 0 Å². The van der Waals surface area contributed by atoms with E-state index in [0.29, 0.717) is 6.04 Å². The van der Waals surface area contributed by atoms with Crippen LogP contribution >= 0.6 is 0 Å². The number of aromatic nitrogens is 2. The van der Waals surface area contributed by atoms with E-state index in [4.69, 9.17) is 14.2 Å². The van der Waals surface area contributed by atoms with Gasteiger partial charge in [-0.25, -0.2) is 0 Å². The zero-order chi connectivity index (χ0) is 16.4. The minimum atomic E-state index is 0.284. The maximum absolute atomic E-state index is 5.65. The van der Waals surface area contributed by atoms with Gasteiger partial charge < -0.3 is 9.26 Å². The van der Waals surface area contributed by atoms with Gasteiger partial charge >= 0.3 is 0 Å². The minimum absolute atomic E-state index is 0.284. The molecule has 2 fully saturated rings. The van der Waals surface area contributed by atoms with Crippen LogP contribution in [-0.4, -0.2) is 40.8 Å². The first-order valence-electron chi connectivity index (χ1n) is 9.02. The van der Waals surface area contributed by atoms with Crippen LogP contribution in [0, 0.1) is 6.92 Å². The van der Waals surface area contributed by atoms with Crippen molar-refractivity contribution in [3.63, 3.8) is 0 Å². The highest BCUT2D eigenvalue weighted by Crippen LogP contribution is 2.35. The van der Waals surface area contributed by atoms with Crippen LogP contribution in [-0.2, 0) is 11.2 Å². The molecule has 2 aromatic rings. The summed E-state index contributed by atoms with van der Waals surface area (Å²) in [5.74, 6) is 1.58. The fourth-order valence-corrected chi connectivity index (χ4v) is 3.96. The van der Waals surface area contributed by atoms with Crippen LogP contribution in [0.25, 0.3) is 0 Å². The Hall–Kier alpha value is -1.72. The van der Waals surface area contributed by atoms with Crippen molar-refractivity contribution in [2.24, 2.45) is 0 Å². The van der Waals surface area contributed by atoms with E-state index in [1.807, 2.05) is 0 Å². The third kappa shape index (κ3) is 3.23. The molecule has 3 heterocycles. The smallest absolute Gasteiger partial charge is 0.244 e. The maximum atomic E-state index is 5.65. The van der Waals surface area contributed by atoms with Gasteiger partial charge in [0.25, 0.3) is 0 Å². The predicted molar refractivity (Wildman–Crippen MR) is 90.8 cm³/mol. The highest BCUT2D eigenvalue weighted by molar-refractivity contribution is 5.28. The quantitative estimate of drug-likeness (QED) is 0.862. The zero-order valence-electron chi connectivity index (χ0n) is 14.3. The molecule has 5 nitrogen and oxygen atoms in total. The van der Waals surface area contributed by atoms with Gasteiger partial charge in [-0.05, 0) is 50.3 Å². The van der Waals surface area contributed by atoms with Crippen molar-refractivity contribution < 1.29 is 9.26 Å². The Morgan fingerprint density at radius 2 is 2.00 bits per heavy atom. The first-order chi connectivity index (χ1) is 11.8. The predicted octanol–water partition coefficient (Wildman–Crippen LogP) is 3.28. The summed E-state index contributed by atoms with van der Waals surface area (Å²) in [6.45, 7) is 5.00. The summed E-state index contributed by atoms with van der Waals surface area (Å²) in [6, 6.07) is 9.26. The summed E-state index contributed by atoms with van der Waals surface area (Å²) in [5, 5.41) is 4.24. The minimum Gasteiger partial charge on any atom is -0.381 e. The van der Waals surface area contributed by atoms with Crippen molar-refractivity contribution in [3.8, 4) is 0 Å². The third-order valence-electron chi connectivity index (χ3n) is 5.33. The first kappa shape index (κ1) is 15.8. The molecule has 2 aliphatic rings. The average molecular weight is 327 g/mol. The second-order valence-corrected chi connectivity index (χ2v) is 6.89. The average Bonchev–Trinajstić information content (AvgIpc) is 3.27. The first-order valence-corrected chi connectivity index (χ1v) is 9.02. The normalized spacial score (nSPS) is 23.0. The van der Waals surface area contributed by atoms with E-state index >= 15 is 0 Å². The van der Waals surface area contributed by atoms with Gasteiger partial charge in [0, 0.05) is 25.7 Å². The van der Waals surface area contributed by atoms with Crippen molar-refractivity contribution in [3.05, 3.63) is 47.1 Å². The number of likely N-dealkylation sites (tertiary alicyclic amines) is 1. The number of rotatable bonds is 4. The maximum Gasteiger partial charge on any atom is 0.244 e. The Labute approximate surface area is 143 Å². The molecular weight excluding hydrogens is 302 g/mol. The van der Waals surface area contributed by atoms with Crippen LogP contribution in [0.15, 0.2) is 28.8 Å². The molecule has 0 aliphatic carbocycles. The highest BCUT2D eigenvalue weighted by atomic mass is 16.5. The lowest BCUT2D eigenvalue weighted by Crippen LogP contribution is -2.39. The molecule has 1 aromatic heterocycles. The van der Waals surface area contributed by atoms with Crippen LogP contribution in [0.5, 0.6) is 0 Å². The Bertz CT molecular complexity index is 679.